The lowest BCUT2D eigenvalue weighted by molar-refractivity contribution is 0.102. The molecule has 1 amide bonds. The molecule has 0 saturated heterocycles. The molecular formula is C24H21N3O2. The summed E-state index contributed by atoms with van der Waals surface area (Å²) in [6, 6.07) is 22.4. The number of nitriles is 1. The van der Waals surface area contributed by atoms with Gasteiger partial charge in [0, 0.05) is 23.0 Å². The number of amides is 1. The van der Waals surface area contributed by atoms with Crippen LogP contribution >= 0.6 is 0 Å². The molecule has 0 radical (unpaired) electrons. The largest absolute Gasteiger partial charge is 0.457 e. The van der Waals surface area contributed by atoms with Gasteiger partial charge < -0.3 is 15.8 Å². The van der Waals surface area contributed by atoms with Crippen molar-refractivity contribution in [2.24, 2.45) is 0 Å². The Morgan fingerprint density at radius 3 is 2.55 bits per heavy atom. The molecule has 0 aliphatic heterocycles. The number of carbonyl (C=O) groups excluding carboxylic acids is 1. The number of nitrogens with two attached hydrogens (primary N) is 1. The Balaban J connectivity index is 1.52. The van der Waals surface area contributed by atoms with E-state index in [1.54, 1.807) is 36.4 Å². The molecule has 0 spiro atoms. The van der Waals surface area contributed by atoms with Crippen LogP contribution in [0.2, 0.25) is 0 Å². The lowest BCUT2D eigenvalue weighted by Crippen LogP contribution is -2.13. The van der Waals surface area contributed by atoms with Crippen molar-refractivity contribution in [2.75, 3.05) is 11.1 Å². The molecule has 0 unspecified atom stereocenters. The average Bonchev–Trinajstić information content (AvgIpc) is 3.54. The fourth-order valence-corrected chi connectivity index (χ4v) is 3.20. The molecule has 0 atom stereocenters. The summed E-state index contributed by atoms with van der Waals surface area (Å²) in [5.41, 5.74) is 8.99. The molecule has 3 aromatic rings. The van der Waals surface area contributed by atoms with Crippen LogP contribution < -0.4 is 15.8 Å². The molecule has 0 heterocycles. The molecule has 29 heavy (non-hydrogen) atoms. The first-order chi connectivity index (χ1) is 14.0. The van der Waals surface area contributed by atoms with Crippen molar-refractivity contribution < 1.29 is 9.53 Å². The first kappa shape index (κ1) is 18.6. The molecule has 1 fully saturated rings. The summed E-state index contributed by atoms with van der Waals surface area (Å²) < 4.78 is 5.94. The second-order valence-electron chi connectivity index (χ2n) is 7.38. The van der Waals surface area contributed by atoms with Crippen LogP contribution in [0, 0.1) is 18.3 Å². The standard InChI is InChI=1S/C24H21N3O2/c1-16-5-8-20(14-22(16)29-21-9-6-19(26)7-10-21)27-23(28)17-3-2-4-18(13-17)24(15-25)11-12-24/h2-10,13-14H,11-12,26H2,1H3,(H,27,28). The zero-order chi connectivity index (χ0) is 20.4. The number of hydrogen-bond donors (Lipinski definition) is 2. The lowest BCUT2D eigenvalue weighted by atomic mass is 9.96. The number of aryl methyl sites for hydroxylation is 1. The molecule has 0 bridgehead atoms. The molecule has 3 N–H and O–H groups in total. The van der Waals surface area contributed by atoms with Crippen LogP contribution in [0.25, 0.3) is 0 Å². The van der Waals surface area contributed by atoms with Crippen LogP contribution in [0.3, 0.4) is 0 Å². The van der Waals surface area contributed by atoms with Gasteiger partial charge in [0.15, 0.2) is 0 Å². The highest BCUT2D eigenvalue weighted by atomic mass is 16.5. The van der Waals surface area contributed by atoms with Crippen molar-refractivity contribution >= 4 is 17.3 Å². The summed E-state index contributed by atoms with van der Waals surface area (Å²) in [6.07, 6.45) is 1.69. The van der Waals surface area contributed by atoms with Crippen LogP contribution in [0.1, 0.15) is 34.3 Å². The molecule has 5 nitrogen and oxygen atoms in total. The molecule has 1 saturated carbocycles. The van der Waals surface area contributed by atoms with Gasteiger partial charge in [-0.2, -0.15) is 5.26 Å². The Kier molecular flexibility index (Phi) is 4.69. The van der Waals surface area contributed by atoms with Crippen molar-refractivity contribution in [3.8, 4) is 17.6 Å². The molecular weight excluding hydrogens is 362 g/mol. The third kappa shape index (κ3) is 3.92. The summed E-state index contributed by atoms with van der Waals surface area (Å²) in [7, 11) is 0. The zero-order valence-electron chi connectivity index (χ0n) is 16.1. The van der Waals surface area contributed by atoms with E-state index < -0.39 is 5.41 Å². The summed E-state index contributed by atoms with van der Waals surface area (Å²) in [4.78, 5) is 12.7. The number of nitrogens with zero attached hydrogens (tertiary/aromatic N) is 1. The fraction of sp³-hybridized carbons (Fsp3) is 0.167. The van der Waals surface area contributed by atoms with Gasteiger partial charge in [-0.25, -0.2) is 0 Å². The maximum Gasteiger partial charge on any atom is 0.255 e. The van der Waals surface area contributed by atoms with Gasteiger partial charge >= 0.3 is 0 Å². The van der Waals surface area contributed by atoms with E-state index in [2.05, 4.69) is 11.4 Å². The summed E-state index contributed by atoms with van der Waals surface area (Å²) in [5, 5.41) is 12.3. The highest BCUT2D eigenvalue weighted by Crippen LogP contribution is 2.47. The summed E-state index contributed by atoms with van der Waals surface area (Å²) in [6.45, 7) is 1.94. The first-order valence-electron chi connectivity index (χ1n) is 9.46. The SMILES string of the molecule is Cc1ccc(NC(=O)c2cccc(C3(C#N)CC3)c2)cc1Oc1ccc(N)cc1. The highest BCUT2D eigenvalue weighted by Gasteiger charge is 2.44. The average molecular weight is 383 g/mol. The van der Waals surface area contributed by atoms with Crippen molar-refractivity contribution in [1.82, 2.24) is 0 Å². The predicted molar refractivity (Wildman–Crippen MR) is 113 cm³/mol. The van der Waals surface area contributed by atoms with Crippen LogP contribution in [-0.2, 0) is 5.41 Å². The van der Waals surface area contributed by atoms with Gasteiger partial charge in [0.25, 0.3) is 5.91 Å². The van der Waals surface area contributed by atoms with Gasteiger partial charge in [-0.05, 0) is 73.4 Å². The van der Waals surface area contributed by atoms with Crippen molar-refractivity contribution in [3.63, 3.8) is 0 Å². The van der Waals surface area contributed by atoms with Crippen LogP contribution in [-0.4, -0.2) is 5.91 Å². The van der Waals surface area contributed by atoms with Gasteiger partial charge in [0.2, 0.25) is 0 Å². The van der Waals surface area contributed by atoms with E-state index in [-0.39, 0.29) is 5.91 Å². The van der Waals surface area contributed by atoms with E-state index in [9.17, 15) is 10.1 Å². The van der Waals surface area contributed by atoms with E-state index in [0.717, 1.165) is 24.0 Å². The smallest absolute Gasteiger partial charge is 0.255 e. The maximum atomic E-state index is 12.7. The van der Waals surface area contributed by atoms with E-state index in [4.69, 9.17) is 10.5 Å². The van der Waals surface area contributed by atoms with Crippen LogP contribution in [0.5, 0.6) is 11.5 Å². The molecule has 144 valence electrons. The Morgan fingerprint density at radius 1 is 1.10 bits per heavy atom. The van der Waals surface area contributed by atoms with Crippen molar-refractivity contribution in [2.45, 2.75) is 25.2 Å². The molecule has 5 heteroatoms. The quantitative estimate of drug-likeness (QED) is 0.594. The van der Waals surface area contributed by atoms with Crippen LogP contribution in [0.4, 0.5) is 11.4 Å². The second-order valence-corrected chi connectivity index (χ2v) is 7.38. The molecule has 4 rings (SSSR count). The minimum Gasteiger partial charge on any atom is -0.457 e. The van der Waals surface area contributed by atoms with Gasteiger partial charge in [-0.1, -0.05) is 18.2 Å². The maximum absolute atomic E-state index is 12.7. The molecule has 1 aliphatic rings. The minimum absolute atomic E-state index is 0.220. The number of ether oxygens (including phenoxy) is 1. The van der Waals surface area contributed by atoms with Crippen molar-refractivity contribution in [1.29, 1.82) is 5.26 Å². The zero-order valence-corrected chi connectivity index (χ0v) is 16.1. The van der Waals surface area contributed by atoms with Gasteiger partial charge in [-0.3, -0.25) is 4.79 Å². The van der Waals surface area contributed by atoms with Crippen LogP contribution in [0.15, 0.2) is 66.7 Å². The first-order valence-corrected chi connectivity index (χ1v) is 9.46. The molecule has 3 aromatic carbocycles. The van der Waals surface area contributed by atoms with Gasteiger partial charge in [0.1, 0.15) is 11.5 Å². The Morgan fingerprint density at radius 2 is 1.86 bits per heavy atom. The molecule has 1 aliphatic carbocycles. The predicted octanol–water partition coefficient (Wildman–Crippen LogP) is 5.18. The third-order valence-corrected chi connectivity index (χ3v) is 5.20. The van der Waals surface area contributed by atoms with Gasteiger partial charge in [-0.15, -0.1) is 0 Å². The normalized spacial score (nSPS) is 13.9. The van der Waals surface area contributed by atoms with Gasteiger partial charge in [0.05, 0.1) is 11.5 Å². The second kappa shape index (κ2) is 7.33. The Labute approximate surface area is 169 Å². The number of anilines is 2. The number of nitrogens with one attached hydrogen (secondary N) is 1. The molecule has 0 aromatic heterocycles. The van der Waals surface area contributed by atoms with E-state index >= 15 is 0 Å². The summed E-state index contributed by atoms with van der Waals surface area (Å²) in [5.74, 6) is 1.11. The van der Waals surface area contributed by atoms with E-state index in [1.165, 1.54) is 0 Å². The number of hydrogen-bond acceptors (Lipinski definition) is 4. The Bertz CT molecular complexity index is 1110. The highest BCUT2D eigenvalue weighted by molar-refractivity contribution is 6.04. The van der Waals surface area contributed by atoms with Crippen molar-refractivity contribution in [3.05, 3.63) is 83.4 Å². The summed E-state index contributed by atoms with van der Waals surface area (Å²) >= 11 is 0. The monoisotopic (exact) mass is 383 g/mol. The minimum atomic E-state index is -0.416. The number of nitrogen functional groups attached to an aromatic ring is 1. The van der Waals surface area contributed by atoms with E-state index in [1.807, 2.05) is 37.3 Å². The fourth-order valence-electron chi connectivity index (χ4n) is 3.20. The number of benzene rings is 3. The number of carbonyl (C=O) groups is 1. The lowest BCUT2D eigenvalue weighted by Gasteiger charge is -2.13. The third-order valence-electron chi connectivity index (χ3n) is 5.20. The Hall–Kier alpha value is -3.78. The van der Waals surface area contributed by atoms with E-state index in [0.29, 0.717) is 28.4 Å². The number of rotatable bonds is 5. The topological polar surface area (TPSA) is 88.1 Å².